The Labute approximate surface area is 109 Å². The highest BCUT2D eigenvalue weighted by Crippen LogP contribution is 2.23. The van der Waals surface area contributed by atoms with Crippen LogP contribution in [0.1, 0.15) is 33.3 Å². The molecule has 1 unspecified atom stereocenters. The lowest BCUT2D eigenvalue weighted by atomic mass is 9.83. The van der Waals surface area contributed by atoms with Crippen LogP contribution >= 0.6 is 0 Å². The second-order valence-electron chi connectivity index (χ2n) is 5.32. The Morgan fingerprint density at radius 3 is 2.28 bits per heavy atom. The largest absolute Gasteiger partial charge is 0.339 e. The average Bonchev–Trinajstić information content (AvgIpc) is 2.36. The standard InChI is InChI=1S/C15H20N2O/c1-11(2)13(10-16)17-14(18)15(3,4)12-8-6-5-7-9-12/h5-9,11,13H,1-4H3,(H,17,18). The number of carbonyl (C=O) groups excluding carboxylic acids is 1. The summed E-state index contributed by atoms with van der Waals surface area (Å²) in [4.78, 5) is 12.3. The first-order chi connectivity index (χ1) is 8.39. The van der Waals surface area contributed by atoms with Gasteiger partial charge >= 0.3 is 0 Å². The third-order valence-electron chi connectivity index (χ3n) is 3.16. The number of nitrogens with one attached hydrogen (secondary N) is 1. The van der Waals surface area contributed by atoms with Gasteiger partial charge in [-0.1, -0.05) is 44.2 Å². The Morgan fingerprint density at radius 1 is 1.28 bits per heavy atom. The molecule has 0 aliphatic carbocycles. The van der Waals surface area contributed by atoms with Gasteiger partial charge < -0.3 is 5.32 Å². The maximum absolute atomic E-state index is 12.3. The monoisotopic (exact) mass is 244 g/mol. The molecule has 0 spiro atoms. The van der Waals surface area contributed by atoms with Crippen LogP contribution in [0.15, 0.2) is 30.3 Å². The van der Waals surface area contributed by atoms with Gasteiger partial charge in [-0.25, -0.2) is 0 Å². The summed E-state index contributed by atoms with van der Waals surface area (Å²) in [6.45, 7) is 7.58. The van der Waals surface area contributed by atoms with Gasteiger partial charge in [0.1, 0.15) is 6.04 Å². The van der Waals surface area contributed by atoms with Crippen molar-refractivity contribution in [3.63, 3.8) is 0 Å². The maximum atomic E-state index is 12.3. The van der Waals surface area contributed by atoms with Gasteiger partial charge in [0.15, 0.2) is 0 Å². The van der Waals surface area contributed by atoms with Gasteiger partial charge in [-0.15, -0.1) is 0 Å². The first kappa shape index (κ1) is 14.2. The SMILES string of the molecule is CC(C)C(C#N)NC(=O)C(C)(C)c1ccccc1. The molecule has 1 aromatic rings. The molecule has 1 N–H and O–H groups in total. The second-order valence-corrected chi connectivity index (χ2v) is 5.32. The third-order valence-corrected chi connectivity index (χ3v) is 3.16. The van der Waals surface area contributed by atoms with Gasteiger partial charge in [0.05, 0.1) is 11.5 Å². The molecule has 3 nitrogen and oxygen atoms in total. The Kier molecular flexibility index (Phi) is 4.49. The second kappa shape index (κ2) is 5.68. The summed E-state index contributed by atoms with van der Waals surface area (Å²) in [5.41, 5.74) is 0.313. The highest BCUT2D eigenvalue weighted by Gasteiger charge is 2.31. The van der Waals surface area contributed by atoms with Crippen molar-refractivity contribution in [2.45, 2.75) is 39.2 Å². The molecule has 0 radical (unpaired) electrons. The van der Waals surface area contributed by atoms with Crippen molar-refractivity contribution in [3.05, 3.63) is 35.9 Å². The molecular formula is C15H20N2O. The van der Waals surface area contributed by atoms with Gasteiger partial charge in [-0.3, -0.25) is 4.79 Å². The van der Waals surface area contributed by atoms with E-state index in [1.54, 1.807) is 0 Å². The summed E-state index contributed by atoms with van der Waals surface area (Å²) in [6.07, 6.45) is 0. The molecule has 0 aliphatic rings. The summed E-state index contributed by atoms with van der Waals surface area (Å²) in [7, 11) is 0. The lowest BCUT2D eigenvalue weighted by molar-refractivity contribution is -0.126. The van der Waals surface area contributed by atoms with Gasteiger partial charge in [0.25, 0.3) is 0 Å². The van der Waals surface area contributed by atoms with Crippen LogP contribution in [0.5, 0.6) is 0 Å². The average molecular weight is 244 g/mol. The molecule has 3 heteroatoms. The molecular weight excluding hydrogens is 224 g/mol. The van der Waals surface area contributed by atoms with Crippen molar-refractivity contribution in [1.82, 2.24) is 5.32 Å². The Bertz CT molecular complexity index is 443. The van der Waals surface area contributed by atoms with Crippen LogP contribution in [0.3, 0.4) is 0 Å². The zero-order valence-corrected chi connectivity index (χ0v) is 11.4. The molecule has 1 amide bonds. The van der Waals surface area contributed by atoms with Crippen LogP contribution < -0.4 is 5.32 Å². The van der Waals surface area contributed by atoms with Gasteiger partial charge in [0.2, 0.25) is 5.91 Å². The predicted octanol–water partition coefficient (Wildman–Crippen LogP) is 2.63. The molecule has 0 heterocycles. The van der Waals surface area contributed by atoms with E-state index in [1.807, 2.05) is 58.0 Å². The fourth-order valence-corrected chi connectivity index (χ4v) is 1.66. The van der Waals surface area contributed by atoms with Crippen LogP contribution in [-0.4, -0.2) is 11.9 Å². The van der Waals surface area contributed by atoms with E-state index in [-0.39, 0.29) is 11.8 Å². The van der Waals surface area contributed by atoms with Gasteiger partial charge in [-0.05, 0) is 25.3 Å². The van der Waals surface area contributed by atoms with Crippen molar-refractivity contribution >= 4 is 5.91 Å². The van der Waals surface area contributed by atoms with Gasteiger partial charge in [-0.2, -0.15) is 5.26 Å². The van der Waals surface area contributed by atoms with Crippen LogP contribution in [0.2, 0.25) is 0 Å². The van der Waals surface area contributed by atoms with Crippen molar-refractivity contribution in [1.29, 1.82) is 5.26 Å². The summed E-state index contributed by atoms with van der Waals surface area (Å²) >= 11 is 0. The quantitative estimate of drug-likeness (QED) is 0.885. The Balaban J connectivity index is 2.87. The lowest BCUT2D eigenvalue weighted by Crippen LogP contribution is -2.46. The van der Waals surface area contributed by atoms with E-state index in [1.165, 1.54) is 0 Å². The van der Waals surface area contributed by atoms with Crippen molar-refractivity contribution in [3.8, 4) is 6.07 Å². The predicted molar refractivity (Wildman–Crippen MR) is 71.8 cm³/mol. The highest BCUT2D eigenvalue weighted by molar-refractivity contribution is 5.87. The normalized spacial score (nSPS) is 12.9. The lowest BCUT2D eigenvalue weighted by Gasteiger charge is -2.26. The zero-order chi connectivity index (χ0) is 13.8. The minimum absolute atomic E-state index is 0.102. The van der Waals surface area contributed by atoms with E-state index in [0.717, 1.165) is 5.56 Å². The van der Waals surface area contributed by atoms with Crippen LogP contribution in [0.4, 0.5) is 0 Å². The van der Waals surface area contributed by atoms with Crippen LogP contribution in [0.25, 0.3) is 0 Å². The number of hydrogen-bond donors (Lipinski definition) is 1. The minimum Gasteiger partial charge on any atom is -0.339 e. The van der Waals surface area contributed by atoms with Gasteiger partial charge in [0, 0.05) is 0 Å². The summed E-state index contributed by atoms with van der Waals surface area (Å²) in [5, 5.41) is 11.8. The zero-order valence-electron chi connectivity index (χ0n) is 11.4. The third kappa shape index (κ3) is 3.10. The van der Waals surface area contributed by atoms with Crippen LogP contribution in [-0.2, 0) is 10.2 Å². The summed E-state index contributed by atoms with van der Waals surface area (Å²) in [6, 6.07) is 11.3. The van der Waals surface area contributed by atoms with E-state index in [4.69, 9.17) is 5.26 Å². The first-order valence-corrected chi connectivity index (χ1v) is 6.15. The molecule has 0 bridgehead atoms. The van der Waals surface area contributed by atoms with Crippen molar-refractivity contribution in [2.24, 2.45) is 5.92 Å². The highest BCUT2D eigenvalue weighted by atomic mass is 16.2. The number of hydrogen-bond acceptors (Lipinski definition) is 2. The Hall–Kier alpha value is -1.82. The molecule has 0 aromatic heterocycles. The van der Waals surface area contributed by atoms with E-state index >= 15 is 0 Å². The van der Waals surface area contributed by atoms with E-state index < -0.39 is 11.5 Å². The fourth-order valence-electron chi connectivity index (χ4n) is 1.66. The minimum atomic E-state index is -0.634. The number of nitriles is 1. The van der Waals surface area contributed by atoms with E-state index in [2.05, 4.69) is 11.4 Å². The first-order valence-electron chi connectivity index (χ1n) is 6.15. The molecule has 1 atom stereocenters. The molecule has 0 saturated heterocycles. The molecule has 1 aromatic carbocycles. The van der Waals surface area contributed by atoms with E-state index in [9.17, 15) is 4.79 Å². The van der Waals surface area contributed by atoms with Crippen molar-refractivity contribution < 1.29 is 4.79 Å². The molecule has 0 fully saturated rings. The molecule has 18 heavy (non-hydrogen) atoms. The van der Waals surface area contributed by atoms with Crippen molar-refractivity contribution in [2.75, 3.05) is 0 Å². The van der Waals surface area contributed by atoms with Crippen LogP contribution in [0, 0.1) is 17.2 Å². The molecule has 1 rings (SSSR count). The number of carbonyl (C=O) groups is 1. The molecule has 96 valence electrons. The number of benzene rings is 1. The topological polar surface area (TPSA) is 52.9 Å². The summed E-state index contributed by atoms with van der Waals surface area (Å²) < 4.78 is 0. The molecule has 0 aliphatic heterocycles. The smallest absolute Gasteiger partial charge is 0.231 e. The number of nitrogens with zero attached hydrogens (tertiary/aromatic N) is 1. The number of rotatable bonds is 4. The summed E-state index contributed by atoms with van der Waals surface area (Å²) in [5.74, 6) is -0.0144. The fraction of sp³-hybridized carbons (Fsp3) is 0.467. The van der Waals surface area contributed by atoms with E-state index in [0.29, 0.717) is 0 Å². The Morgan fingerprint density at radius 2 is 1.83 bits per heavy atom. The number of amides is 1. The molecule has 0 saturated carbocycles. The maximum Gasteiger partial charge on any atom is 0.231 e.